The van der Waals surface area contributed by atoms with Crippen molar-refractivity contribution < 1.29 is 28.6 Å². The lowest BCUT2D eigenvalue weighted by atomic mass is 10.0. The van der Waals surface area contributed by atoms with Crippen molar-refractivity contribution in [2.45, 2.75) is 406 Å². The molecule has 0 aliphatic rings. The van der Waals surface area contributed by atoms with Gasteiger partial charge in [0.2, 0.25) is 0 Å². The molecule has 80 heavy (non-hydrogen) atoms. The molecule has 6 nitrogen and oxygen atoms in total. The van der Waals surface area contributed by atoms with E-state index in [4.69, 9.17) is 14.2 Å². The van der Waals surface area contributed by atoms with Crippen LogP contribution < -0.4 is 0 Å². The van der Waals surface area contributed by atoms with Crippen LogP contribution >= 0.6 is 0 Å². The molecule has 1 unspecified atom stereocenters. The van der Waals surface area contributed by atoms with Crippen LogP contribution in [-0.2, 0) is 28.6 Å². The Morgan fingerprint density at radius 1 is 0.250 bits per heavy atom. The molecule has 0 aliphatic heterocycles. The summed E-state index contributed by atoms with van der Waals surface area (Å²) in [7, 11) is 0. The minimum Gasteiger partial charge on any atom is -0.462 e. The first-order valence-electron chi connectivity index (χ1n) is 36.0. The van der Waals surface area contributed by atoms with Crippen LogP contribution in [0.4, 0.5) is 0 Å². The fraction of sp³-hybridized carbons (Fsp3) is 0.878. The SMILES string of the molecule is CCCCCCC/C=C\C/C=C\CCCCCCCCCCCCCC(=O)OCC(COC(=O)CCCCCCCCC/C=C\CCCCCCCC)OC(=O)CCCCCCCCCCCCCCCCCCCCCCCC. The summed E-state index contributed by atoms with van der Waals surface area (Å²) < 4.78 is 17.0. The van der Waals surface area contributed by atoms with Gasteiger partial charge in [-0.25, -0.2) is 0 Å². The molecule has 0 aromatic heterocycles. The van der Waals surface area contributed by atoms with E-state index in [1.165, 1.54) is 295 Å². The number of allylic oxidation sites excluding steroid dienone is 6. The van der Waals surface area contributed by atoms with E-state index in [9.17, 15) is 14.4 Å². The Morgan fingerprint density at radius 3 is 0.700 bits per heavy atom. The fourth-order valence-corrected chi connectivity index (χ4v) is 10.9. The van der Waals surface area contributed by atoms with Crippen LogP contribution in [0.3, 0.4) is 0 Å². The summed E-state index contributed by atoms with van der Waals surface area (Å²) in [5, 5.41) is 0. The summed E-state index contributed by atoms with van der Waals surface area (Å²) in [5.74, 6) is -0.844. The molecular formula is C74H138O6. The first-order valence-corrected chi connectivity index (χ1v) is 36.0. The van der Waals surface area contributed by atoms with Crippen LogP contribution in [0.25, 0.3) is 0 Å². The van der Waals surface area contributed by atoms with Gasteiger partial charge in [0.1, 0.15) is 13.2 Å². The third-order valence-corrected chi connectivity index (χ3v) is 16.4. The van der Waals surface area contributed by atoms with Gasteiger partial charge in [0.15, 0.2) is 6.10 Å². The zero-order chi connectivity index (χ0) is 57.8. The van der Waals surface area contributed by atoms with Crippen molar-refractivity contribution in [2.75, 3.05) is 13.2 Å². The highest BCUT2D eigenvalue weighted by Gasteiger charge is 2.19. The van der Waals surface area contributed by atoms with Crippen LogP contribution in [-0.4, -0.2) is 37.2 Å². The summed E-state index contributed by atoms with van der Waals surface area (Å²) in [4.78, 5) is 38.5. The Bertz CT molecular complexity index is 1340. The average molecular weight is 1120 g/mol. The first-order chi connectivity index (χ1) is 39.5. The highest BCUT2D eigenvalue weighted by atomic mass is 16.6. The van der Waals surface area contributed by atoms with Crippen molar-refractivity contribution in [3.05, 3.63) is 36.5 Å². The van der Waals surface area contributed by atoms with Gasteiger partial charge in [0, 0.05) is 19.3 Å². The Morgan fingerprint density at radius 2 is 0.450 bits per heavy atom. The van der Waals surface area contributed by atoms with Gasteiger partial charge in [0.25, 0.3) is 0 Å². The second-order valence-electron chi connectivity index (χ2n) is 24.5. The van der Waals surface area contributed by atoms with E-state index in [-0.39, 0.29) is 31.1 Å². The average Bonchev–Trinajstić information content (AvgIpc) is 3.46. The predicted octanol–water partition coefficient (Wildman–Crippen LogP) is 24.7. The molecule has 470 valence electrons. The van der Waals surface area contributed by atoms with Crippen LogP contribution in [0, 0.1) is 0 Å². The quantitative estimate of drug-likeness (QED) is 0.0261. The third kappa shape index (κ3) is 66.4. The van der Waals surface area contributed by atoms with Crippen LogP contribution in [0.2, 0.25) is 0 Å². The van der Waals surface area contributed by atoms with E-state index in [1.807, 2.05) is 0 Å². The molecule has 0 heterocycles. The molecule has 0 rings (SSSR count). The van der Waals surface area contributed by atoms with E-state index < -0.39 is 6.10 Å². The summed E-state index contributed by atoms with van der Waals surface area (Å²) in [6, 6.07) is 0. The van der Waals surface area contributed by atoms with Crippen molar-refractivity contribution in [2.24, 2.45) is 0 Å². The Balaban J connectivity index is 4.30. The summed E-state index contributed by atoms with van der Waals surface area (Å²) >= 11 is 0. The molecule has 0 N–H and O–H groups in total. The second-order valence-corrected chi connectivity index (χ2v) is 24.5. The molecule has 0 aromatic rings. The lowest BCUT2D eigenvalue weighted by Gasteiger charge is -2.18. The largest absolute Gasteiger partial charge is 0.462 e. The lowest BCUT2D eigenvalue weighted by Crippen LogP contribution is -2.30. The normalized spacial score (nSPS) is 12.2. The van der Waals surface area contributed by atoms with Crippen LogP contribution in [0.5, 0.6) is 0 Å². The maximum atomic E-state index is 13.0. The first kappa shape index (κ1) is 77.6. The maximum Gasteiger partial charge on any atom is 0.306 e. The number of carbonyl (C=O) groups excluding carboxylic acids is 3. The third-order valence-electron chi connectivity index (χ3n) is 16.4. The monoisotopic (exact) mass is 1120 g/mol. The van der Waals surface area contributed by atoms with E-state index >= 15 is 0 Å². The molecule has 0 aliphatic carbocycles. The molecule has 0 aromatic carbocycles. The molecule has 0 saturated heterocycles. The van der Waals surface area contributed by atoms with Crippen molar-refractivity contribution in [3.63, 3.8) is 0 Å². The maximum absolute atomic E-state index is 13.0. The van der Waals surface area contributed by atoms with Gasteiger partial charge in [-0.05, 0) is 77.0 Å². The van der Waals surface area contributed by atoms with Gasteiger partial charge in [-0.2, -0.15) is 0 Å². The van der Waals surface area contributed by atoms with Gasteiger partial charge in [-0.1, -0.05) is 340 Å². The number of ether oxygens (including phenoxy) is 3. The van der Waals surface area contributed by atoms with Gasteiger partial charge in [0.05, 0.1) is 0 Å². The molecule has 0 radical (unpaired) electrons. The minimum absolute atomic E-state index is 0.0697. The highest BCUT2D eigenvalue weighted by Crippen LogP contribution is 2.18. The molecule has 0 amide bonds. The molecule has 6 heteroatoms. The van der Waals surface area contributed by atoms with Gasteiger partial charge < -0.3 is 14.2 Å². The Hall–Kier alpha value is -2.37. The van der Waals surface area contributed by atoms with Gasteiger partial charge in [-0.3, -0.25) is 14.4 Å². The smallest absolute Gasteiger partial charge is 0.306 e. The summed E-state index contributed by atoms with van der Waals surface area (Å²) in [6.07, 6.45) is 86.0. The number of hydrogen-bond acceptors (Lipinski definition) is 6. The Labute approximate surface area is 499 Å². The number of hydrogen-bond donors (Lipinski definition) is 0. The van der Waals surface area contributed by atoms with Crippen LogP contribution in [0.15, 0.2) is 36.5 Å². The minimum atomic E-state index is -0.774. The summed E-state index contributed by atoms with van der Waals surface area (Å²) in [6.45, 7) is 6.70. The lowest BCUT2D eigenvalue weighted by molar-refractivity contribution is -0.167. The molecule has 0 spiro atoms. The van der Waals surface area contributed by atoms with E-state index in [2.05, 4.69) is 57.2 Å². The molecule has 0 saturated carbocycles. The topological polar surface area (TPSA) is 78.9 Å². The second kappa shape index (κ2) is 69.1. The van der Waals surface area contributed by atoms with E-state index in [1.54, 1.807) is 0 Å². The van der Waals surface area contributed by atoms with Crippen molar-refractivity contribution >= 4 is 17.9 Å². The molecule has 1 atom stereocenters. The van der Waals surface area contributed by atoms with Crippen molar-refractivity contribution in [3.8, 4) is 0 Å². The van der Waals surface area contributed by atoms with Gasteiger partial charge >= 0.3 is 17.9 Å². The van der Waals surface area contributed by atoms with E-state index in [0.717, 1.165) is 64.2 Å². The number of rotatable bonds is 67. The van der Waals surface area contributed by atoms with Gasteiger partial charge in [-0.15, -0.1) is 0 Å². The molecule has 0 bridgehead atoms. The zero-order valence-electron chi connectivity index (χ0n) is 54.1. The van der Waals surface area contributed by atoms with Crippen molar-refractivity contribution in [1.29, 1.82) is 0 Å². The number of carbonyl (C=O) groups is 3. The molecule has 0 fully saturated rings. The zero-order valence-corrected chi connectivity index (χ0v) is 54.1. The number of esters is 3. The Kier molecular flexibility index (Phi) is 67.1. The number of unbranched alkanes of at least 4 members (excludes halogenated alkanes) is 50. The van der Waals surface area contributed by atoms with E-state index in [0.29, 0.717) is 19.3 Å². The summed E-state index contributed by atoms with van der Waals surface area (Å²) in [5.41, 5.74) is 0. The standard InChI is InChI=1S/C74H138O6/c1-4-7-10-13-16-19-22-25-28-31-33-35-37-39-40-43-46-49-52-55-58-61-64-67-73(76)79-70-71(69-78-72(75)66-63-60-57-54-51-48-45-42-30-27-24-21-18-15-12-9-6-3)80-74(77)68-65-62-59-56-53-50-47-44-41-38-36-34-32-29-26-23-20-17-14-11-8-5-2/h22,25,27,30-31,33,71H,4-21,23-24,26,28-29,32,34-70H2,1-3H3/b25-22-,30-27-,33-31-. The van der Waals surface area contributed by atoms with Crippen molar-refractivity contribution in [1.82, 2.24) is 0 Å². The predicted molar refractivity (Wildman–Crippen MR) is 349 cm³/mol. The fourth-order valence-electron chi connectivity index (χ4n) is 10.9. The van der Waals surface area contributed by atoms with Crippen LogP contribution in [0.1, 0.15) is 400 Å². The molecular weight excluding hydrogens is 985 g/mol. The highest BCUT2D eigenvalue weighted by molar-refractivity contribution is 5.71.